The predicted molar refractivity (Wildman–Crippen MR) is 142 cm³/mol. The number of esters is 1. The minimum Gasteiger partial charge on any atom is -0.453 e. The summed E-state index contributed by atoms with van der Waals surface area (Å²) in [7, 11) is 0. The number of ether oxygens (including phenoxy) is 3. The van der Waals surface area contributed by atoms with Crippen LogP contribution in [-0.2, 0) is 23.8 Å². The van der Waals surface area contributed by atoms with Gasteiger partial charge in [0.05, 0.1) is 43.2 Å². The fraction of sp³-hybridized carbons (Fsp3) is 0.474. The average Bonchev–Trinajstić information content (AvgIpc) is 2.65. The van der Waals surface area contributed by atoms with Crippen molar-refractivity contribution in [3.63, 3.8) is 0 Å². The van der Waals surface area contributed by atoms with Crippen molar-refractivity contribution in [3.8, 4) is 0 Å². The number of rotatable bonds is 6. The Morgan fingerprint density at radius 3 is 2.09 bits per heavy atom. The van der Waals surface area contributed by atoms with E-state index < -0.39 is 41.0 Å². The van der Waals surface area contributed by atoms with Crippen molar-refractivity contribution >= 4 is 108 Å². The van der Waals surface area contributed by atoms with E-state index in [1.54, 1.807) is 13.8 Å². The van der Waals surface area contributed by atoms with Crippen LogP contribution in [0.15, 0.2) is 0 Å². The second-order valence-corrected chi connectivity index (χ2v) is 10.9. The zero-order chi connectivity index (χ0) is 24.4. The highest BCUT2D eigenvalue weighted by Crippen LogP contribution is 2.36. The van der Waals surface area contributed by atoms with Crippen LogP contribution in [0.4, 0.5) is 5.69 Å². The normalized spacial score (nSPS) is 16.8. The average molecular weight is 805 g/mol. The Morgan fingerprint density at radius 2 is 1.59 bits per heavy atom. The van der Waals surface area contributed by atoms with Crippen LogP contribution in [0.25, 0.3) is 0 Å². The maximum absolute atomic E-state index is 13.1. The van der Waals surface area contributed by atoms with E-state index in [9.17, 15) is 19.2 Å². The number of carbonyl (C=O) groups excluding carboxylic acids is 4. The van der Waals surface area contributed by atoms with Crippen molar-refractivity contribution in [2.45, 2.75) is 45.6 Å². The van der Waals surface area contributed by atoms with E-state index >= 15 is 0 Å². The van der Waals surface area contributed by atoms with Gasteiger partial charge in [0.1, 0.15) is 0 Å². The van der Waals surface area contributed by atoms with Gasteiger partial charge in [-0.05, 0) is 100 Å². The summed E-state index contributed by atoms with van der Waals surface area (Å²) in [6, 6.07) is -0.404. The second kappa shape index (κ2) is 11.4. The second-order valence-electron chi connectivity index (χ2n) is 7.27. The molecule has 2 rings (SSSR count). The molecule has 1 aromatic rings. The summed E-state index contributed by atoms with van der Waals surface area (Å²) < 4.78 is 17.2. The topological polar surface area (TPSA) is 120 Å². The van der Waals surface area contributed by atoms with Gasteiger partial charge in [-0.2, -0.15) is 0 Å². The molecule has 0 unspecified atom stereocenters. The highest BCUT2D eigenvalue weighted by molar-refractivity contribution is 14.1. The molecular formula is C19H20ClI3N2O7. The molecular weight excluding hydrogens is 784 g/mol. The molecule has 0 spiro atoms. The van der Waals surface area contributed by atoms with E-state index in [0.29, 0.717) is 10.7 Å². The van der Waals surface area contributed by atoms with Gasteiger partial charge in [0.2, 0.25) is 0 Å². The summed E-state index contributed by atoms with van der Waals surface area (Å²) in [5.74, 6) is -2.44. The first-order valence-electron chi connectivity index (χ1n) is 9.22. The number of benzene rings is 1. The molecule has 13 heteroatoms. The first-order chi connectivity index (χ1) is 14.7. The lowest BCUT2D eigenvalue weighted by Gasteiger charge is -2.35. The fourth-order valence-electron chi connectivity index (χ4n) is 2.71. The van der Waals surface area contributed by atoms with Gasteiger partial charge in [0.25, 0.3) is 17.1 Å². The first kappa shape index (κ1) is 27.9. The maximum atomic E-state index is 13.1. The third-order valence-corrected chi connectivity index (χ3v) is 7.73. The lowest BCUT2D eigenvalue weighted by Crippen LogP contribution is -2.50. The number of nitrogens with one attached hydrogen (secondary N) is 2. The third kappa shape index (κ3) is 6.86. The third-order valence-electron chi connectivity index (χ3n) is 4.30. The molecule has 1 heterocycles. The van der Waals surface area contributed by atoms with Gasteiger partial charge in [-0.1, -0.05) is 0 Å². The number of anilines is 1. The maximum Gasteiger partial charge on any atom is 0.303 e. The highest BCUT2D eigenvalue weighted by atomic mass is 127. The van der Waals surface area contributed by atoms with Crippen LogP contribution in [0.2, 0.25) is 0 Å². The van der Waals surface area contributed by atoms with Gasteiger partial charge in [-0.15, -0.1) is 0 Å². The van der Waals surface area contributed by atoms with Crippen LogP contribution in [0.1, 0.15) is 48.4 Å². The van der Waals surface area contributed by atoms with Gasteiger partial charge in [0.15, 0.2) is 11.9 Å². The molecule has 1 saturated heterocycles. The highest BCUT2D eigenvalue weighted by Gasteiger charge is 2.32. The van der Waals surface area contributed by atoms with Crippen molar-refractivity contribution in [3.05, 3.63) is 21.8 Å². The molecule has 2 amide bonds. The summed E-state index contributed by atoms with van der Waals surface area (Å²) in [5.41, 5.74) is 0.490. The van der Waals surface area contributed by atoms with Crippen LogP contribution in [0.3, 0.4) is 0 Å². The molecule has 1 fully saturated rings. The number of halogens is 4. The minimum absolute atomic E-state index is 0.0890. The molecule has 0 saturated carbocycles. The monoisotopic (exact) mass is 804 g/mol. The Labute approximate surface area is 230 Å². The van der Waals surface area contributed by atoms with E-state index in [4.69, 9.17) is 25.8 Å². The molecule has 0 aliphatic carbocycles. The molecule has 1 aliphatic heterocycles. The van der Waals surface area contributed by atoms with Crippen LogP contribution < -0.4 is 10.6 Å². The summed E-state index contributed by atoms with van der Waals surface area (Å²) in [6.07, 6.45) is -1.08. The summed E-state index contributed by atoms with van der Waals surface area (Å²) >= 11 is 11.5. The van der Waals surface area contributed by atoms with E-state index in [2.05, 4.69) is 10.6 Å². The molecule has 2 N–H and O–H groups in total. The Bertz CT molecular complexity index is 961. The van der Waals surface area contributed by atoms with Crippen LogP contribution >= 0.6 is 79.4 Å². The molecule has 0 radical (unpaired) electrons. The SMILES string of the molecule is CC(=O)O[C@@H](C)C(=O)Nc1c(I)c(C(=O)Cl)c(I)c(C(=O)NC2COC(C)(C)OC2)c1I. The van der Waals surface area contributed by atoms with Crippen molar-refractivity contribution in [2.24, 2.45) is 0 Å². The lowest BCUT2D eigenvalue weighted by atomic mass is 10.1. The van der Waals surface area contributed by atoms with Crippen LogP contribution in [0, 0.1) is 10.7 Å². The zero-order valence-electron chi connectivity index (χ0n) is 17.4. The van der Waals surface area contributed by atoms with Crippen molar-refractivity contribution in [1.29, 1.82) is 0 Å². The van der Waals surface area contributed by atoms with E-state index in [1.807, 2.05) is 67.8 Å². The molecule has 1 aliphatic rings. The summed E-state index contributed by atoms with van der Waals surface area (Å²) in [6.45, 7) is 6.66. The largest absolute Gasteiger partial charge is 0.453 e. The molecule has 32 heavy (non-hydrogen) atoms. The van der Waals surface area contributed by atoms with Gasteiger partial charge in [0, 0.05) is 10.5 Å². The Morgan fingerprint density at radius 1 is 1.06 bits per heavy atom. The van der Waals surface area contributed by atoms with E-state index in [1.165, 1.54) is 13.8 Å². The standard InChI is InChI=1S/C19H20ClI3N2O7/c1-7(32-8(2)26)17(28)25-15-13(22)10(16(20)27)12(21)11(14(15)23)18(29)24-9-5-30-19(3,4)31-6-9/h7,9H,5-6H2,1-4H3,(H,24,29)(H,25,28)/t7-/m0/s1. The predicted octanol–water partition coefficient (Wildman–Crippen LogP) is 3.65. The van der Waals surface area contributed by atoms with Gasteiger partial charge >= 0.3 is 5.97 Å². The molecule has 0 bridgehead atoms. The Balaban J connectivity index is 2.42. The van der Waals surface area contributed by atoms with Crippen molar-refractivity contribution in [1.82, 2.24) is 5.32 Å². The molecule has 176 valence electrons. The number of hydrogen-bond donors (Lipinski definition) is 2. The number of hydrogen-bond acceptors (Lipinski definition) is 7. The summed E-state index contributed by atoms with van der Waals surface area (Å²) in [4.78, 5) is 49.0. The number of amides is 2. The Kier molecular flexibility index (Phi) is 9.97. The Hall–Kier alpha value is -0.300. The molecule has 1 aromatic carbocycles. The van der Waals surface area contributed by atoms with Gasteiger partial charge < -0.3 is 24.8 Å². The molecule has 1 atom stereocenters. The molecule has 0 aromatic heterocycles. The zero-order valence-corrected chi connectivity index (χ0v) is 24.7. The first-order valence-corrected chi connectivity index (χ1v) is 12.8. The van der Waals surface area contributed by atoms with Crippen LogP contribution in [-0.4, -0.2) is 54.2 Å². The van der Waals surface area contributed by atoms with Gasteiger partial charge in [-0.3, -0.25) is 19.2 Å². The minimum atomic E-state index is -1.08. The fourth-order valence-corrected chi connectivity index (χ4v) is 7.63. The van der Waals surface area contributed by atoms with E-state index in [0.717, 1.165) is 0 Å². The smallest absolute Gasteiger partial charge is 0.303 e. The lowest BCUT2D eigenvalue weighted by molar-refractivity contribution is -0.251. The molecule has 9 nitrogen and oxygen atoms in total. The summed E-state index contributed by atoms with van der Waals surface area (Å²) in [5, 5.41) is 4.69. The number of carbonyl (C=O) groups is 4. The van der Waals surface area contributed by atoms with Crippen molar-refractivity contribution < 1.29 is 33.4 Å². The van der Waals surface area contributed by atoms with Gasteiger partial charge in [-0.25, -0.2) is 0 Å². The quantitative estimate of drug-likeness (QED) is 0.256. The van der Waals surface area contributed by atoms with Crippen molar-refractivity contribution in [2.75, 3.05) is 18.5 Å². The van der Waals surface area contributed by atoms with E-state index in [-0.39, 0.29) is 30.0 Å². The van der Waals surface area contributed by atoms with Crippen LogP contribution in [0.5, 0.6) is 0 Å².